The summed E-state index contributed by atoms with van der Waals surface area (Å²) in [6.07, 6.45) is 6.69. The van der Waals surface area contributed by atoms with Gasteiger partial charge in [-0.15, -0.1) is 11.3 Å². The molecule has 2 aromatic rings. The minimum atomic E-state index is -0.275. The number of aromatic nitrogens is 1. The number of benzene rings is 1. The lowest BCUT2D eigenvalue weighted by Gasteiger charge is -2.36. The van der Waals surface area contributed by atoms with Gasteiger partial charge in [-0.2, -0.15) is 0 Å². The third-order valence-electron chi connectivity index (χ3n) is 5.15. The van der Waals surface area contributed by atoms with Gasteiger partial charge in [0, 0.05) is 20.5 Å². The molecule has 1 aromatic carbocycles. The van der Waals surface area contributed by atoms with Gasteiger partial charge in [-0.25, -0.2) is 4.98 Å². The van der Waals surface area contributed by atoms with Gasteiger partial charge in [-0.05, 0) is 30.4 Å². The van der Waals surface area contributed by atoms with Gasteiger partial charge in [-0.3, -0.25) is 9.59 Å². The van der Waals surface area contributed by atoms with Crippen LogP contribution in [-0.2, 0) is 20.7 Å². The Morgan fingerprint density at radius 3 is 2.62 bits per heavy atom. The molecule has 1 fully saturated rings. The third kappa shape index (κ3) is 4.61. The number of hydrogen-bond donors (Lipinski definition) is 0. The fraction of sp³-hybridized carbons (Fsp3) is 0.550. The van der Waals surface area contributed by atoms with E-state index in [0.29, 0.717) is 6.42 Å². The van der Waals surface area contributed by atoms with Gasteiger partial charge in [0.25, 0.3) is 5.91 Å². The van der Waals surface area contributed by atoms with E-state index in [1.54, 1.807) is 25.4 Å². The van der Waals surface area contributed by atoms with Crippen molar-refractivity contribution in [3.05, 3.63) is 29.3 Å². The zero-order valence-corrected chi connectivity index (χ0v) is 16.3. The van der Waals surface area contributed by atoms with Crippen molar-refractivity contribution < 1.29 is 14.3 Å². The second-order valence-corrected chi connectivity index (χ2v) is 8.55. The molecular weight excluding hydrogens is 348 g/mol. The maximum absolute atomic E-state index is 12.4. The van der Waals surface area contributed by atoms with E-state index in [0.717, 1.165) is 42.6 Å². The Bertz CT molecular complexity index is 745. The van der Waals surface area contributed by atoms with Crippen LogP contribution in [0.25, 0.3) is 10.2 Å². The van der Waals surface area contributed by atoms with Gasteiger partial charge in [-0.1, -0.05) is 31.4 Å². The Morgan fingerprint density at radius 2 is 1.92 bits per heavy atom. The molecule has 1 saturated carbocycles. The lowest BCUT2D eigenvalue weighted by molar-refractivity contribution is -0.153. The number of amides is 1. The van der Waals surface area contributed by atoms with Crippen LogP contribution >= 0.6 is 11.3 Å². The number of carbonyl (C=O) groups excluding carboxylic acids is 2. The predicted molar refractivity (Wildman–Crippen MR) is 103 cm³/mol. The summed E-state index contributed by atoms with van der Waals surface area (Å²) in [4.78, 5) is 30.2. The standard InChI is InChI=1S/C20H26N2O3S/c1-22(2)18(23)14-25-19(24)13-20(10-6-3-7-11-20)12-17-21-15-8-4-5-9-16(15)26-17/h4-5,8-9H,3,6-7,10-14H2,1-2H3. The molecule has 26 heavy (non-hydrogen) atoms. The average Bonchev–Trinajstić information content (AvgIpc) is 3.02. The number of fused-ring (bicyclic) bond motifs is 1. The predicted octanol–water partition coefficient (Wildman–Crippen LogP) is 3.81. The van der Waals surface area contributed by atoms with Crippen LogP contribution in [0.4, 0.5) is 0 Å². The molecule has 0 atom stereocenters. The molecule has 1 aliphatic rings. The van der Waals surface area contributed by atoms with E-state index in [-0.39, 0.29) is 23.9 Å². The number of rotatable bonds is 6. The first kappa shape index (κ1) is 18.8. The Morgan fingerprint density at radius 1 is 1.19 bits per heavy atom. The second kappa shape index (κ2) is 8.16. The number of likely N-dealkylation sites (N-methyl/N-ethyl adjacent to an activating group) is 1. The van der Waals surface area contributed by atoms with Gasteiger partial charge >= 0.3 is 5.97 Å². The van der Waals surface area contributed by atoms with E-state index >= 15 is 0 Å². The summed E-state index contributed by atoms with van der Waals surface area (Å²) in [6, 6.07) is 8.15. The normalized spacial score (nSPS) is 16.4. The van der Waals surface area contributed by atoms with Crippen molar-refractivity contribution in [1.82, 2.24) is 9.88 Å². The molecule has 0 saturated heterocycles. The summed E-state index contributed by atoms with van der Waals surface area (Å²) in [5, 5.41) is 1.09. The van der Waals surface area contributed by atoms with Crippen molar-refractivity contribution in [1.29, 1.82) is 0 Å². The number of nitrogens with zero attached hydrogens (tertiary/aromatic N) is 2. The summed E-state index contributed by atoms with van der Waals surface area (Å²) >= 11 is 1.71. The molecule has 1 aromatic heterocycles. The molecule has 0 spiro atoms. The van der Waals surface area contributed by atoms with Crippen LogP contribution in [-0.4, -0.2) is 42.5 Å². The molecule has 5 nitrogen and oxygen atoms in total. The molecule has 6 heteroatoms. The Hall–Kier alpha value is -1.95. The van der Waals surface area contributed by atoms with E-state index in [1.165, 1.54) is 16.0 Å². The van der Waals surface area contributed by atoms with Gasteiger partial charge in [0.2, 0.25) is 0 Å². The van der Waals surface area contributed by atoms with E-state index in [1.807, 2.05) is 18.2 Å². The van der Waals surface area contributed by atoms with E-state index in [4.69, 9.17) is 9.72 Å². The molecule has 0 aliphatic heterocycles. The van der Waals surface area contributed by atoms with E-state index < -0.39 is 0 Å². The lowest BCUT2D eigenvalue weighted by atomic mass is 9.70. The molecule has 3 rings (SSSR count). The lowest BCUT2D eigenvalue weighted by Crippen LogP contribution is -2.32. The molecule has 0 unspecified atom stereocenters. The Kier molecular flexibility index (Phi) is 5.91. The maximum Gasteiger partial charge on any atom is 0.306 e. The molecule has 1 aliphatic carbocycles. The second-order valence-electron chi connectivity index (χ2n) is 7.44. The quantitative estimate of drug-likeness (QED) is 0.722. The zero-order chi connectivity index (χ0) is 18.6. The monoisotopic (exact) mass is 374 g/mol. The first-order valence-electron chi connectivity index (χ1n) is 9.18. The van der Waals surface area contributed by atoms with Crippen LogP contribution in [0.2, 0.25) is 0 Å². The molecule has 1 heterocycles. The topological polar surface area (TPSA) is 59.5 Å². The Balaban J connectivity index is 1.69. The van der Waals surface area contributed by atoms with E-state index in [2.05, 4.69) is 6.07 Å². The highest BCUT2D eigenvalue weighted by Crippen LogP contribution is 2.43. The summed E-state index contributed by atoms with van der Waals surface area (Å²) in [5.74, 6) is -0.467. The van der Waals surface area contributed by atoms with Crippen molar-refractivity contribution in [2.75, 3.05) is 20.7 Å². The number of para-hydroxylation sites is 1. The van der Waals surface area contributed by atoms with Gasteiger partial charge in [0.05, 0.1) is 21.6 Å². The number of esters is 1. The number of ether oxygens (including phenoxy) is 1. The van der Waals surface area contributed by atoms with Crippen LogP contribution in [0.5, 0.6) is 0 Å². The van der Waals surface area contributed by atoms with Crippen LogP contribution in [0.1, 0.15) is 43.5 Å². The summed E-state index contributed by atoms with van der Waals surface area (Å²) in [7, 11) is 3.32. The largest absolute Gasteiger partial charge is 0.456 e. The van der Waals surface area contributed by atoms with Gasteiger partial charge < -0.3 is 9.64 Å². The number of thiazole rings is 1. The smallest absolute Gasteiger partial charge is 0.306 e. The van der Waals surface area contributed by atoms with E-state index in [9.17, 15) is 9.59 Å². The SMILES string of the molecule is CN(C)C(=O)COC(=O)CC1(Cc2nc3ccccc3s2)CCCCC1. The van der Waals surface area contributed by atoms with Crippen molar-refractivity contribution in [3.8, 4) is 0 Å². The zero-order valence-electron chi connectivity index (χ0n) is 15.5. The molecule has 140 valence electrons. The van der Waals surface area contributed by atoms with Crippen molar-refractivity contribution >= 4 is 33.4 Å². The first-order valence-corrected chi connectivity index (χ1v) is 9.99. The minimum Gasteiger partial charge on any atom is -0.456 e. The minimum absolute atomic E-state index is 0.0929. The summed E-state index contributed by atoms with van der Waals surface area (Å²) in [6.45, 7) is -0.178. The Labute approximate surface area is 158 Å². The highest BCUT2D eigenvalue weighted by molar-refractivity contribution is 7.18. The summed E-state index contributed by atoms with van der Waals surface area (Å²) < 4.78 is 6.43. The average molecular weight is 375 g/mol. The van der Waals surface area contributed by atoms with Crippen LogP contribution < -0.4 is 0 Å². The van der Waals surface area contributed by atoms with Gasteiger partial charge in [0.15, 0.2) is 6.61 Å². The van der Waals surface area contributed by atoms with Crippen LogP contribution in [0.3, 0.4) is 0 Å². The third-order valence-corrected chi connectivity index (χ3v) is 6.19. The molecule has 0 radical (unpaired) electrons. The van der Waals surface area contributed by atoms with Gasteiger partial charge in [0.1, 0.15) is 0 Å². The fourth-order valence-corrected chi connectivity index (χ4v) is 4.80. The van der Waals surface area contributed by atoms with Crippen molar-refractivity contribution in [2.24, 2.45) is 5.41 Å². The van der Waals surface area contributed by atoms with Crippen LogP contribution in [0, 0.1) is 5.41 Å². The number of carbonyl (C=O) groups is 2. The van der Waals surface area contributed by atoms with Crippen LogP contribution in [0.15, 0.2) is 24.3 Å². The highest BCUT2D eigenvalue weighted by Gasteiger charge is 2.36. The molecule has 1 amide bonds. The number of hydrogen-bond acceptors (Lipinski definition) is 5. The summed E-state index contributed by atoms with van der Waals surface area (Å²) in [5.41, 5.74) is 0.933. The molecular formula is C20H26N2O3S. The van der Waals surface area contributed by atoms with Crippen molar-refractivity contribution in [2.45, 2.75) is 44.9 Å². The first-order chi connectivity index (χ1) is 12.5. The highest BCUT2D eigenvalue weighted by atomic mass is 32.1. The fourth-order valence-electron chi connectivity index (χ4n) is 3.66. The van der Waals surface area contributed by atoms with Crippen molar-refractivity contribution in [3.63, 3.8) is 0 Å². The molecule has 0 N–H and O–H groups in total. The maximum atomic E-state index is 12.4. The molecule has 0 bridgehead atoms.